The molecule has 0 saturated heterocycles. The van der Waals surface area contributed by atoms with E-state index in [1.54, 1.807) is 73.7 Å². The van der Waals surface area contributed by atoms with Gasteiger partial charge in [-0.3, -0.25) is 14.7 Å². The topological polar surface area (TPSA) is 102 Å². The smallest absolute Gasteiger partial charge is 0.354 e. The van der Waals surface area contributed by atoms with Crippen molar-refractivity contribution in [1.29, 1.82) is 0 Å². The van der Waals surface area contributed by atoms with Crippen LogP contribution in [0.15, 0.2) is 66.7 Å². The molecule has 3 aromatic carbocycles. The standard InChI is InChI=1S/C21H23N2O5P/c1-3-15(2)28-29(26,27)21(17-10-5-4-6-11-17)22-19-14-13-16-9-7-8-12-18(16)20(19)23(24)25/h4-15,21-22H,3H2,1-2H3,(H,26,27). The van der Waals surface area contributed by atoms with Crippen molar-refractivity contribution in [3.05, 3.63) is 82.4 Å². The summed E-state index contributed by atoms with van der Waals surface area (Å²) in [5, 5.41) is 15.9. The number of anilines is 1. The maximum absolute atomic E-state index is 13.1. The van der Waals surface area contributed by atoms with Crippen LogP contribution in [0.25, 0.3) is 10.8 Å². The number of nitro groups is 1. The molecule has 0 heterocycles. The molecule has 0 bridgehead atoms. The Labute approximate surface area is 169 Å². The van der Waals surface area contributed by atoms with E-state index in [4.69, 9.17) is 4.52 Å². The number of nitrogens with zero attached hydrogens (tertiary/aromatic N) is 1. The second-order valence-corrected chi connectivity index (χ2v) is 8.64. The summed E-state index contributed by atoms with van der Waals surface area (Å²) in [6.45, 7) is 3.56. The van der Waals surface area contributed by atoms with Gasteiger partial charge in [0.25, 0.3) is 5.69 Å². The third-order valence-electron chi connectivity index (χ3n) is 4.72. The lowest BCUT2D eigenvalue weighted by molar-refractivity contribution is -0.382. The van der Waals surface area contributed by atoms with Gasteiger partial charge in [0.15, 0.2) is 5.78 Å². The average molecular weight is 414 g/mol. The molecule has 0 aliphatic heterocycles. The molecule has 152 valence electrons. The molecule has 0 aliphatic rings. The van der Waals surface area contributed by atoms with E-state index < -0.39 is 24.4 Å². The van der Waals surface area contributed by atoms with Gasteiger partial charge in [-0.2, -0.15) is 0 Å². The first-order chi connectivity index (χ1) is 13.8. The first-order valence-electron chi connectivity index (χ1n) is 9.32. The van der Waals surface area contributed by atoms with Gasteiger partial charge < -0.3 is 14.7 Å². The Kier molecular flexibility index (Phi) is 6.33. The fraction of sp³-hybridized carbons (Fsp3) is 0.238. The van der Waals surface area contributed by atoms with Crippen molar-refractivity contribution in [2.45, 2.75) is 32.2 Å². The Bertz CT molecular complexity index is 1060. The SMILES string of the molecule is CCC(C)OP(=O)(O)C(Nc1ccc2ccccc2c1[N+](=O)[O-])c1ccccc1. The van der Waals surface area contributed by atoms with Gasteiger partial charge in [-0.25, -0.2) is 0 Å². The Morgan fingerprint density at radius 1 is 1.10 bits per heavy atom. The molecule has 7 nitrogen and oxygen atoms in total. The molecule has 29 heavy (non-hydrogen) atoms. The summed E-state index contributed by atoms with van der Waals surface area (Å²) in [6.07, 6.45) is 0.118. The van der Waals surface area contributed by atoms with Crippen LogP contribution >= 0.6 is 7.60 Å². The number of nitrogens with one attached hydrogen (secondary N) is 1. The molecule has 3 rings (SSSR count). The van der Waals surface area contributed by atoms with E-state index in [0.717, 1.165) is 0 Å². The maximum atomic E-state index is 13.1. The summed E-state index contributed by atoms with van der Waals surface area (Å²) in [5.41, 5.74) is 0.515. The second-order valence-electron chi connectivity index (χ2n) is 6.79. The highest BCUT2D eigenvalue weighted by molar-refractivity contribution is 7.53. The normalized spacial score (nSPS) is 15.4. The van der Waals surface area contributed by atoms with E-state index in [2.05, 4.69) is 5.32 Å². The van der Waals surface area contributed by atoms with Crippen LogP contribution in [-0.2, 0) is 9.09 Å². The first kappa shape index (κ1) is 21.0. The zero-order chi connectivity index (χ0) is 21.0. The minimum atomic E-state index is -4.21. The molecule has 0 spiro atoms. The van der Waals surface area contributed by atoms with Gasteiger partial charge >= 0.3 is 7.60 Å². The van der Waals surface area contributed by atoms with Crippen LogP contribution in [0.5, 0.6) is 0 Å². The molecule has 0 fully saturated rings. The van der Waals surface area contributed by atoms with Crippen molar-refractivity contribution in [1.82, 2.24) is 0 Å². The van der Waals surface area contributed by atoms with Crippen LogP contribution in [0, 0.1) is 10.1 Å². The van der Waals surface area contributed by atoms with Crippen molar-refractivity contribution < 1.29 is 18.9 Å². The number of hydrogen-bond donors (Lipinski definition) is 2. The summed E-state index contributed by atoms with van der Waals surface area (Å²) in [4.78, 5) is 22.1. The van der Waals surface area contributed by atoms with E-state index in [0.29, 0.717) is 22.8 Å². The van der Waals surface area contributed by atoms with Gasteiger partial charge in [0, 0.05) is 0 Å². The number of nitro benzene ring substituents is 1. The van der Waals surface area contributed by atoms with Gasteiger partial charge in [0.2, 0.25) is 0 Å². The molecule has 2 N–H and O–H groups in total. The van der Waals surface area contributed by atoms with E-state index >= 15 is 0 Å². The third-order valence-corrected chi connectivity index (χ3v) is 6.46. The van der Waals surface area contributed by atoms with Gasteiger partial charge in [-0.15, -0.1) is 0 Å². The largest absolute Gasteiger partial charge is 0.362 e. The summed E-state index contributed by atoms with van der Waals surface area (Å²) in [6, 6.07) is 18.9. The molecular weight excluding hydrogens is 391 g/mol. The van der Waals surface area contributed by atoms with Gasteiger partial charge in [-0.05, 0) is 36.4 Å². The van der Waals surface area contributed by atoms with E-state index in [-0.39, 0.29) is 11.4 Å². The van der Waals surface area contributed by atoms with Crippen molar-refractivity contribution in [3.8, 4) is 0 Å². The zero-order valence-electron chi connectivity index (χ0n) is 16.2. The Balaban J connectivity index is 2.10. The van der Waals surface area contributed by atoms with Crippen LogP contribution in [0.4, 0.5) is 11.4 Å². The highest BCUT2D eigenvalue weighted by Crippen LogP contribution is 2.58. The molecule has 3 unspecified atom stereocenters. The number of fused-ring (bicyclic) bond motifs is 1. The quantitative estimate of drug-likeness (QED) is 0.272. The Hall–Kier alpha value is -2.73. The lowest BCUT2D eigenvalue weighted by Crippen LogP contribution is -2.17. The summed E-state index contributed by atoms with van der Waals surface area (Å²) < 4.78 is 18.6. The maximum Gasteiger partial charge on any atom is 0.354 e. The molecule has 0 radical (unpaired) electrons. The van der Waals surface area contributed by atoms with Gasteiger partial charge in [-0.1, -0.05) is 61.5 Å². The van der Waals surface area contributed by atoms with Crippen LogP contribution in [-0.4, -0.2) is 15.9 Å². The first-order valence-corrected chi connectivity index (χ1v) is 11.0. The van der Waals surface area contributed by atoms with Gasteiger partial charge in [0.05, 0.1) is 16.4 Å². The molecule has 0 amide bonds. The Morgan fingerprint density at radius 2 is 1.76 bits per heavy atom. The summed E-state index contributed by atoms with van der Waals surface area (Å²) in [7, 11) is -4.21. The lowest BCUT2D eigenvalue weighted by atomic mass is 10.1. The minimum Gasteiger partial charge on any atom is -0.362 e. The summed E-state index contributed by atoms with van der Waals surface area (Å²) >= 11 is 0. The predicted octanol–water partition coefficient (Wildman–Crippen LogP) is 5.86. The number of rotatable bonds is 8. The third kappa shape index (κ3) is 4.65. The van der Waals surface area contributed by atoms with E-state index in [9.17, 15) is 19.6 Å². The fourth-order valence-corrected chi connectivity index (χ4v) is 4.73. The molecule has 3 aromatic rings. The molecule has 3 atom stereocenters. The van der Waals surface area contributed by atoms with Crippen molar-refractivity contribution in [2.75, 3.05) is 5.32 Å². The zero-order valence-corrected chi connectivity index (χ0v) is 17.1. The molecule has 8 heteroatoms. The fourth-order valence-electron chi connectivity index (χ4n) is 3.10. The second kappa shape index (κ2) is 8.74. The average Bonchev–Trinajstić information content (AvgIpc) is 2.71. The van der Waals surface area contributed by atoms with Crippen LogP contribution in [0.2, 0.25) is 0 Å². The highest BCUT2D eigenvalue weighted by Gasteiger charge is 2.37. The number of benzene rings is 3. The molecule has 0 aromatic heterocycles. The number of hydrogen-bond acceptors (Lipinski definition) is 5. The van der Waals surface area contributed by atoms with Crippen LogP contribution in [0.1, 0.15) is 31.6 Å². The molecular formula is C21H23N2O5P. The van der Waals surface area contributed by atoms with E-state index in [1.807, 2.05) is 6.92 Å². The Morgan fingerprint density at radius 3 is 2.41 bits per heavy atom. The van der Waals surface area contributed by atoms with Crippen molar-refractivity contribution in [3.63, 3.8) is 0 Å². The molecule has 0 aliphatic carbocycles. The monoisotopic (exact) mass is 414 g/mol. The van der Waals surface area contributed by atoms with Crippen molar-refractivity contribution in [2.24, 2.45) is 0 Å². The molecule has 0 saturated carbocycles. The van der Waals surface area contributed by atoms with Crippen molar-refractivity contribution >= 4 is 29.7 Å². The van der Waals surface area contributed by atoms with Crippen LogP contribution in [0.3, 0.4) is 0 Å². The highest BCUT2D eigenvalue weighted by atomic mass is 31.2. The lowest BCUT2D eigenvalue weighted by Gasteiger charge is -2.27. The minimum absolute atomic E-state index is 0.146. The van der Waals surface area contributed by atoms with Gasteiger partial charge in [0.1, 0.15) is 5.69 Å². The summed E-state index contributed by atoms with van der Waals surface area (Å²) in [5.74, 6) is -1.16. The van der Waals surface area contributed by atoms with Crippen LogP contribution < -0.4 is 5.32 Å². The van der Waals surface area contributed by atoms with E-state index in [1.165, 1.54) is 0 Å². The predicted molar refractivity (Wildman–Crippen MR) is 114 cm³/mol.